The molecule has 114 valence electrons. The van der Waals surface area contributed by atoms with Gasteiger partial charge in [0, 0.05) is 35.4 Å². The van der Waals surface area contributed by atoms with Gasteiger partial charge in [0.25, 0.3) is 0 Å². The average Bonchev–Trinajstić information content (AvgIpc) is 3.05. The van der Waals surface area contributed by atoms with Crippen molar-refractivity contribution in [2.45, 2.75) is 19.8 Å². The Morgan fingerprint density at radius 2 is 2.32 bits per heavy atom. The number of aromatic amines is 1. The fourth-order valence-corrected chi connectivity index (χ4v) is 3.04. The Morgan fingerprint density at radius 3 is 3.09 bits per heavy atom. The Morgan fingerprint density at radius 1 is 1.45 bits per heavy atom. The largest absolute Gasteiger partial charge is 0.361 e. The Bertz CT molecular complexity index is 809. The van der Waals surface area contributed by atoms with Crippen molar-refractivity contribution in [2.24, 2.45) is 0 Å². The average molecular weight is 317 g/mol. The number of halogens is 1. The van der Waals surface area contributed by atoms with Gasteiger partial charge in [0.15, 0.2) is 0 Å². The van der Waals surface area contributed by atoms with Gasteiger partial charge in [-0.15, -0.1) is 11.3 Å². The third-order valence-corrected chi connectivity index (χ3v) is 4.27. The molecule has 6 heteroatoms. The molecule has 0 saturated heterocycles. The predicted molar refractivity (Wildman–Crippen MR) is 85.5 cm³/mol. The molecular weight excluding hydrogens is 301 g/mol. The molecule has 22 heavy (non-hydrogen) atoms. The summed E-state index contributed by atoms with van der Waals surface area (Å²) in [6.45, 7) is 2.53. The number of carbonyl (C=O) groups excluding carboxylic acids is 1. The van der Waals surface area contributed by atoms with Crippen LogP contribution in [0.25, 0.3) is 10.9 Å². The first-order valence-corrected chi connectivity index (χ1v) is 7.93. The summed E-state index contributed by atoms with van der Waals surface area (Å²) in [5, 5.41) is 6.82. The van der Waals surface area contributed by atoms with E-state index in [1.165, 1.54) is 12.1 Å². The summed E-state index contributed by atoms with van der Waals surface area (Å²) >= 11 is 1.61. The number of amides is 1. The van der Waals surface area contributed by atoms with Gasteiger partial charge in [-0.05, 0) is 30.7 Å². The smallest absolute Gasteiger partial charge is 0.224 e. The minimum absolute atomic E-state index is 0.0443. The summed E-state index contributed by atoms with van der Waals surface area (Å²) < 4.78 is 13.1. The van der Waals surface area contributed by atoms with E-state index in [-0.39, 0.29) is 18.1 Å². The summed E-state index contributed by atoms with van der Waals surface area (Å²) in [7, 11) is 0. The van der Waals surface area contributed by atoms with Gasteiger partial charge in [0.05, 0.1) is 17.1 Å². The highest BCUT2D eigenvalue weighted by atomic mass is 32.1. The molecular formula is C16H16FN3OS. The fraction of sp³-hybridized carbons (Fsp3) is 0.250. The van der Waals surface area contributed by atoms with E-state index in [2.05, 4.69) is 15.3 Å². The number of rotatable bonds is 5. The second-order valence-corrected chi connectivity index (χ2v) is 6.20. The number of H-pyrrole nitrogens is 1. The molecule has 3 aromatic rings. The summed E-state index contributed by atoms with van der Waals surface area (Å²) in [4.78, 5) is 19.3. The highest BCUT2D eigenvalue weighted by Crippen LogP contribution is 2.19. The molecule has 0 aliphatic rings. The van der Waals surface area contributed by atoms with Crippen LogP contribution in [0.5, 0.6) is 0 Å². The number of carbonyl (C=O) groups is 1. The number of thiazole rings is 1. The van der Waals surface area contributed by atoms with Crippen molar-refractivity contribution in [3.8, 4) is 0 Å². The molecule has 1 aromatic carbocycles. The molecule has 1 amide bonds. The van der Waals surface area contributed by atoms with Gasteiger partial charge >= 0.3 is 0 Å². The molecule has 0 saturated carbocycles. The standard InChI is InChI=1S/C16H16FN3OS/c1-10-20-13(9-22-10)4-5-18-16(21)6-11-8-19-15-7-12(17)2-3-14(11)15/h2-3,7-9,19H,4-6H2,1H3,(H,18,21). The van der Waals surface area contributed by atoms with Crippen molar-refractivity contribution in [2.75, 3.05) is 6.54 Å². The second kappa shape index (κ2) is 6.27. The van der Waals surface area contributed by atoms with E-state index in [9.17, 15) is 9.18 Å². The van der Waals surface area contributed by atoms with Gasteiger partial charge in [-0.25, -0.2) is 9.37 Å². The van der Waals surface area contributed by atoms with Crippen LogP contribution in [-0.4, -0.2) is 22.4 Å². The van der Waals surface area contributed by atoms with Crippen LogP contribution in [0.4, 0.5) is 4.39 Å². The van der Waals surface area contributed by atoms with E-state index in [0.29, 0.717) is 12.1 Å². The Balaban J connectivity index is 1.56. The highest BCUT2D eigenvalue weighted by Gasteiger charge is 2.09. The molecule has 0 aliphatic heterocycles. The van der Waals surface area contributed by atoms with Crippen molar-refractivity contribution in [1.82, 2.24) is 15.3 Å². The van der Waals surface area contributed by atoms with Gasteiger partial charge in [0.2, 0.25) is 5.91 Å². The lowest BCUT2D eigenvalue weighted by Gasteiger charge is -2.03. The van der Waals surface area contributed by atoms with Crippen LogP contribution in [0.1, 0.15) is 16.3 Å². The molecule has 0 fully saturated rings. The van der Waals surface area contributed by atoms with Crippen LogP contribution in [0.3, 0.4) is 0 Å². The molecule has 0 spiro atoms. The summed E-state index contributed by atoms with van der Waals surface area (Å²) in [5.74, 6) is -0.332. The summed E-state index contributed by atoms with van der Waals surface area (Å²) in [5.41, 5.74) is 2.59. The van der Waals surface area contributed by atoms with Crippen molar-refractivity contribution in [1.29, 1.82) is 0 Å². The maximum Gasteiger partial charge on any atom is 0.224 e. The molecule has 0 unspecified atom stereocenters. The number of benzene rings is 1. The number of nitrogens with one attached hydrogen (secondary N) is 2. The maximum atomic E-state index is 13.1. The Kier molecular flexibility index (Phi) is 4.20. The van der Waals surface area contributed by atoms with Gasteiger partial charge in [-0.1, -0.05) is 0 Å². The van der Waals surface area contributed by atoms with Crippen LogP contribution < -0.4 is 5.32 Å². The predicted octanol–water partition coefficient (Wildman–Crippen LogP) is 2.97. The van der Waals surface area contributed by atoms with E-state index in [4.69, 9.17) is 0 Å². The summed E-state index contributed by atoms with van der Waals surface area (Å²) in [6, 6.07) is 4.53. The number of nitrogens with zero attached hydrogens (tertiary/aromatic N) is 1. The number of aryl methyl sites for hydroxylation is 1. The Hall–Kier alpha value is -2.21. The van der Waals surface area contributed by atoms with Gasteiger partial charge in [0.1, 0.15) is 5.82 Å². The molecule has 0 aliphatic carbocycles. The topological polar surface area (TPSA) is 57.8 Å². The zero-order chi connectivity index (χ0) is 15.5. The third kappa shape index (κ3) is 3.33. The Labute approximate surface area is 131 Å². The fourth-order valence-electron chi connectivity index (χ4n) is 2.39. The van der Waals surface area contributed by atoms with Crippen molar-refractivity contribution in [3.05, 3.63) is 51.9 Å². The molecule has 2 N–H and O–H groups in total. The molecule has 0 bridgehead atoms. The number of aromatic nitrogens is 2. The van der Waals surface area contributed by atoms with Crippen LogP contribution in [0.15, 0.2) is 29.8 Å². The first kappa shape index (κ1) is 14.7. The SMILES string of the molecule is Cc1nc(CCNC(=O)Cc2c[nH]c3cc(F)ccc23)cs1. The molecule has 0 atom stereocenters. The van der Waals surface area contributed by atoms with Crippen LogP contribution in [0, 0.1) is 12.7 Å². The quantitative estimate of drug-likeness (QED) is 0.760. The maximum absolute atomic E-state index is 13.1. The van der Waals surface area contributed by atoms with E-state index < -0.39 is 0 Å². The van der Waals surface area contributed by atoms with E-state index >= 15 is 0 Å². The second-order valence-electron chi connectivity index (χ2n) is 5.14. The van der Waals surface area contributed by atoms with Crippen molar-refractivity contribution < 1.29 is 9.18 Å². The number of hydrogen-bond acceptors (Lipinski definition) is 3. The van der Waals surface area contributed by atoms with Crippen molar-refractivity contribution in [3.63, 3.8) is 0 Å². The zero-order valence-electron chi connectivity index (χ0n) is 12.1. The molecule has 2 heterocycles. The first-order chi connectivity index (χ1) is 10.6. The van der Waals surface area contributed by atoms with Gasteiger partial charge < -0.3 is 10.3 Å². The van der Waals surface area contributed by atoms with Crippen LogP contribution in [0.2, 0.25) is 0 Å². The van der Waals surface area contributed by atoms with Gasteiger partial charge in [-0.2, -0.15) is 0 Å². The lowest BCUT2D eigenvalue weighted by molar-refractivity contribution is -0.120. The van der Waals surface area contributed by atoms with E-state index in [1.54, 1.807) is 23.6 Å². The lowest BCUT2D eigenvalue weighted by Crippen LogP contribution is -2.27. The first-order valence-electron chi connectivity index (χ1n) is 7.05. The normalized spacial score (nSPS) is 11.0. The highest BCUT2D eigenvalue weighted by molar-refractivity contribution is 7.09. The van der Waals surface area contributed by atoms with Crippen LogP contribution >= 0.6 is 11.3 Å². The molecule has 2 aromatic heterocycles. The minimum Gasteiger partial charge on any atom is -0.361 e. The van der Waals surface area contributed by atoms with Crippen molar-refractivity contribution >= 4 is 28.1 Å². The van der Waals surface area contributed by atoms with Crippen LogP contribution in [-0.2, 0) is 17.6 Å². The van der Waals surface area contributed by atoms with E-state index in [0.717, 1.165) is 28.1 Å². The molecule has 3 rings (SSSR count). The van der Waals surface area contributed by atoms with E-state index in [1.807, 2.05) is 12.3 Å². The number of hydrogen-bond donors (Lipinski definition) is 2. The lowest BCUT2D eigenvalue weighted by atomic mass is 10.1. The number of fused-ring (bicyclic) bond motifs is 1. The third-order valence-electron chi connectivity index (χ3n) is 3.45. The molecule has 4 nitrogen and oxygen atoms in total. The molecule has 0 radical (unpaired) electrons. The minimum atomic E-state index is -0.288. The summed E-state index contributed by atoms with van der Waals surface area (Å²) in [6.07, 6.45) is 2.77. The monoisotopic (exact) mass is 317 g/mol. The van der Waals surface area contributed by atoms with Gasteiger partial charge in [-0.3, -0.25) is 4.79 Å². The zero-order valence-corrected chi connectivity index (χ0v) is 13.0.